The molecule has 0 radical (unpaired) electrons. The molecule has 0 bridgehead atoms. The van der Waals surface area contributed by atoms with Crippen molar-refractivity contribution in [3.8, 4) is 0 Å². The van der Waals surface area contributed by atoms with Gasteiger partial charge < -0.3 is 10.6 Å². The third-order valence-electron chi connectivity index (χ3n) is 4.41. The molecule has 1 saturated heterocycles. The number of carbonyl (C=O) groups is 1. The van der Waals surface area contributed by atoms with E-state index in [0.717, 1.165) is 19.3 Å². The highest BCUT2D eigenvalue weighted by molar-refractivity contribution is 5.95. The molecule has 0 spiro atoms. The summed E-state index contributed by atoms with van der Waals surface area (Å²) >= 11 is 0. The molecule has 1 fully saturated rings. The lowest BCUT2D eigenvalue weighted by molar-refractivity contribution is -0.386. The summed E-state index contributed by atoms with van der Waals surface area (Å²) in [5.74, 6) is -0.163. The van der Waals surface area contributed by atoms with Gasteiger partial charge in [-0.25, -0.2) is 0 Å². The van der Waals surface area contributed by atoms with Gasteiger partial charge in [0.05, 0.1) is 4.92 Å². The van der Waals surface area contributed by atoms with Gasteiger partial charge in [-0.15, -0.1) is 0 Å². The van der Waals surface area contributed by atoms with Gasteiger partial charge in [-0.2, -0.15) is 0 Å². The number of piperidine rings is 1. The molecule has 1 aromatic rings. The molecule has 1 aromatic carbocycles. The number of benzene rings is 1. The lowest BCUT2D eigenvalue weighted by atomic mass is 9.85. The highest BCUT2D eigenvalue weighted by Crippen LogP contribution is 2.32. The van der Waals surface area contributed by atoms with Crippen LogP contribution in [0.15, 0.2) is 18.2 Å². The van der Waals surface area contributed by atoms with Gasteiger partial charge in [-0.3, -0.25) is 14.9 Å². The molecule has 1 aliphatic rings. The van der Waals surface area contributed by atoms with Crippen LogP contribution in [0.25, 0.3) is 0 Å². The third-order valence-corrected chi connectivity index (χ3v) is 4.41. The van der Waals surface area contributed by atoms with Crippen LogP contribution < -0.4 is 5.73 Å². The highest BCUT2D eigenvalue weighted by Gasteiger charge is 2.30. The summed E-state index contributed by atoms with van der Waals surface area (Å²) < 4.78 is 0. The first-order chi connectivity index (χ1) is 10.8. The molecular formula is C17H25N3O3. The zero-order valence-electron chi connectivity index (χ0n) is 14.0. The number of likely N-dealkylation sites (tertiary alicyclic amines) is 1. The van der Waals surface area contributed by atoms with Crippen molar-refractivity contribution in [3.63, 3.8) is 0 Å². The predicted octanol–water partition coefficient (Wildman–Crippen LogP) is 2.85. The van der Waals surface area contributed by atoms with Crippen LogP contribution in [0.2, 0.25) is 0 Å². The van der Waals surface area contributed by atoms with E-state index >= 15 is 0 Å². The molecule has 1 heterocycles. The average molecular weight is 319 g/mol. The smallest absolute Gasteiger partial charge is 0.273 e. The van der Waals surface area contributed by atoms with E-state index < -0.39 is 4.92 Å². The molecule has 1 aliphatic heterocycles. The second-order valence-electron chi connectivity index (χ2n) is 7.12. The number of hydrogen-bond acceptors (Lipinski definition) is 4. The highest BCUT2D eigenvalue weighted by atomic mass is 16.6. The number of nitrogens with two attached hydrogens (primary N) is 1. The van der Waals surface area contributed by atoms with Gasteiger partial charge in [0.25, 0.3) is 11.6 Å². The van der Waals surface area contributed by atoms with E-state index in [1.165, 1.54) is 6.07 Å². The van der Waals surface area contributed by atoms with Crippen molar-refractivity contribution in [1.82, 2.24) is 4.90 Å². The Morgan fingerprint density at radius 2 is 2.09 bits per heavy atom. The van der Waals surface area contributed by atoms with Crippen molar-refractivity contribution in [2.45, 2.75) is 51.5 Å². The Labute approximate surface area is 136 Å². The first-order valence-electron chi connectivity index (χ1n) is 8.05. The Kier molecular flexibility index (Phi) is 5.04. The maximum absolute atomic E-state index is 12.8. The predicted molar refractivity (Wildman–Crippen MR) is 89.5 cm³/mol. The van der Waals surface area contributed by atoms with Crippen LogP contribution in [0, 0.1) is 10.1 Å². The normalized spacial score (nSPS) is 18.8. The molecule has 0 aliphatic carbocycles. The van der Waals surface area contributed by atoms with E-state index in [9.17, 15) is 14.9 Å². The lowest BCUT2D eigenvalue weighted by Crippen LogP contribution is -2.47. The zero-order valence-corrected chi connectivity index (χ0v) is 14.0. The van der Waals surface area contributed by atoms with Gasteiger partial charge in [0.2, 0.25) is 0 Å². The molecule has 1 unspecified atom stereocenters. The number of nitrogens with zero attached hydrogens (tertiary/aromatic N) is 2. The van der Waals surface area contributed by atoms with Crippen LogP contribution in [0.5, 0.6) is 0 Å². The first kappa shape index (κ1) is 17.4. The number of hydrogen-bond donors (Lipinski definition) is 1. The SMILES string of the molecule is CC(C)(C)c1ccc(C(=O)N2CCCCC2CN)cc1[N+](=O)[O-]. The largest absolute Gasteiger partial charge is 0.334 e. The van der Waals surface area contributed by atoms with Crippen LogP contribution in [-0.2, 0) is 5.41 Å². The molecule has 23 heavy (non-hydrogen) atoms. The summed E-state index contributed by atoms with van der Waals surface area (Å²) in [6.45, 7) is 6.85. The zero-order chi connectivity index (χ0) is 17.2. The minimum absolute atomic E-state index is 0.00431. The molecule has 0 aromatic heterocycles. The maximum atomic E-state index is 12.8. The van der Waals surface area contributed by atoms with Gasteiger partial charge in [0, 0.05) is 36.3 Å². The van der Waals surface area contributed by atoms with E-state index in [4.69, 9.17) is 5.73 Å². The summed E-state index contributed by atoms with van der Waals surface area (Å²) in [5.41, 5.74) is 6.42. The minimum atomic E-state index is -0.409. The summed E-state index contributed by atoms with van der Waals surface area (Å²) in [4.78, 5) is 25.5. The standard InChI is InChI=1S/C17H25N3O3/c1-17(2,3)14-8-7-12(10-15(14)20(22)23)16(21)19-9-5-4-6-13(19)11-18/h7-8,10,13H,4-6,9,11,18H2,1-3H3. The quantitative estimate of drug-likeness (QED) is 0.685. The Morgan fingerprint density at radius 1 is 1.39 bits per heavy atom. The van der Waals surface area contributed by atoms with Gasteiger partial charge in [0.1, 0.15) is 0 Å². The Morgan fingerprint density at radius 3 is 2.65 bits per heavy atom. The fourth-order valence-electron chi connectivity index (χ4n) is 3.13. The van der Waals surface area contributed by atoms with E-state index in [1.807, 2.05) is 20.8 Å². The lowest BCUT2D eigenvalue weighted by Gasteiger charge is -2.35. The van der Waals surface area contributed by atoms with Gasteiger partial charge in [0.15, 0.2) is 0 Å². The molecule has 1 amide bonds. The molecular weight excluding hydrogens is 294 g/mol. The summed E-state index contributed by atoms with van der Waals surface area (Å²) in [5, 5.41) is 11.4. The molecule has 2 N–H and O–H groups in total. The summed E-state index contributed by atoms with van der Waals surface area (Å²) in [7, 11) is 0. The van der Waals surface area contributed by atoms with Crippen LogP contribution in [0.4, 0.5) is 5.69 Å². The fraction of sp³-hybridized carbons (Fsp3) is 0.588. The molecule has 1 atom stereocenters. The average Bonchev–Trinajstić information content (AvgIpc) is 2.52. The van der Waals surface area contributed by atoms with E-state index in [-0.39, 0.29) is 23.1 Å². The fourth-order valence-corrected chi connectivity index (χ4v) is 3.13. The Balaban J connectivity index is 2.38. The van der Waals surface area contributed by atoms with Crippen LogP contribution in [-0.4, -0.2) is 34.9 Å². The second kappa shape index (κ2) is 6.66. The Hall–Kier alpha value is -1.95. The van der Waals surface area contributed by atoms with E-state index in [0.29, 0.717) is 24.2 Å². The maximum Gasteiger partial charge on any atom is 0.273 e. The van der Waals surface area contributed by atoms with Gasteiger partial charge in [-0.1, -0.05) is 26.8 Å². The topological polar surface area (TPSA) is 89.5 Å². The first-order valence-corrected chi connectivity index (χ1v) is 8.05. The number of nitro benzene ring substituents is 1. The van der Waals surface area contributed by atoms with Crippen molar-refractivity contribution < 1.29 is 9.72 Å². The molecule has 6 nitrogen and oxygen atoms in total. The van der Waals surface area contributed by atoms with Crippen LogP contribution in [0.3, 0.4) is 0 Å². The molecule has 2 rings (SSSR count). The van der Waals surface area contributed by atoms with E-state index in [1.54, 1.807) is 17.0 Å². The van der Waals surface area contributed by atoms with E-state index in [2.05, 4.69) is 0 Å². The van der Waals surface area contributed by atoms with Crippen molar-refractivity contribution in [2.75, 3.05) is 13.1 Å². The van der Waals surface area contributed by atoms with Crippen molar-refractivity contribution in [3.05, 3.63) is 39.4 Å². The van der Waals surface area contributed by atoms with Crippen LogP contribution in [0.1, 0.15) is 56.0 Å². The Bertz CT molecular complexity index is 608. The number of nitro groups is 1. The van der Waals surface area contributed by atoms with Crippen LogP contribution >= 0.6 is 0 Å². The molecule has 126 valence electrons. The van der Waals surface area contributed by atoms with Crippen molar-refractivity contribution in [2.24, 2.45) is 5.73 Å². The number of rotatable bonds is 3. The van der Waals surface area contributed by atoms with Gasteiger partial charge >= 0.3 is 0 Å². The monoisotopic (exact) mass is 319 g/mol. The third kappa shape index (κ3) is 3.69. The number of carbonyl (C=O) groups excluding carboxylic acids is 1. The molecule has 0 saturated carbocycles. The number of amides is 1. The van der Waals surface area contributed by atoms with Gasteiger partial charge in [-0.05, 0) is 30.7 Å². The summed E-state index contributed by atoms with van der Waals surface area (Å²) in [6, 6.07) is 4.83. The van der Waals surface area contributed by atoms with Crippen molar-refractivity contribution in [1.29, 1.82) is 0 Å². The van der Waals surface area contributed by atoms with Crippen molar-refractivity contribution >= 4 is 11.6 Å². The second-order valence-corrected chi connectivity index (χ2v) is 7.12. The minimum Gasteiger partial charge on any atom is -0.334 e. The summed E-state index contributed by atoms with van der Waals surface area (Å²) in [6.07, 6.45) is 2.91. The molecule has 6 heteroatoms.